The van der Waals surface area contributed by atoms with Crippen LogP contribution in [0.15, 0.2) is 53.7 Å². The molecule has 2 heterocycles. The number of anilines is 1. The standard InChI is InChI=1S/C21H29N7/c1-4-27(18-9-7-8-17(2)16-18)15-13-24-21(22-3)23-12-11-20-26-25-19-10-5-6-14-28(19)20/h5-10,14,16H,4,11-13,15H2,1-3H3,(H2,22,23,24). The first-order valence-corrected chi connectivity index (χ1v) is 9.76. The number of nitrogens with one attached hydrogen (secondary N) is 2. The maximum absolute atomic E-state index is 4.31. The van der Waals surface area contributed by atoms with E-state index in [1.54, 1.807) is 7.05 Å². The van der Waals surface area contributed by atoms with Crippen LogP contribution in [0, 0.1) is 6.92 Å². The van der Waals surface area contributed by atoms with Crippen LogP contribution in [0.25, 0.3) is 5.65 Å². The minimum atomic E-state index is 0.741. The molecule has 1 aromatic carbocycles. The largest absolute Gasteiger partial charge is 0.370 e. The summed E-state index contributed by atoms with van der Waals surface area (Å²) in [7, 11) is 1.79. The van der Waals surface area contributed by atoms with E-state index in [1.807, 2.05) is 28.8 Å². The number of aromatic nitrogens is 3. The topological polar surface area (TPSA) is 69.8 Å². The summed E-state index contributed by atoms with van der Waals surface area (Å²) in [6, 6.07) is 14.5. The molecule has 7 nitrogen and oxygen atoms in total. The molecule has 3 aromatic rings. The number of aryl methyl sites for hydroxylation is 1. The van der Waals surface area contributed by atoms with Crippen molar-refractivity contribution in [2.45, 2.75) is 20.3 Å². The molecule has 148 valence electrons. The maximum atomic E-state index is 4.31. The van der Waals surface area contributed by atoms with Crippen LogP contribution < -0.4 is 15.5 Å². The molecule has 0 amide bonds. The molecule has 0 atom stereocenters. The molecule has 0 unspecified atom stereocenters. The van der Waals surface area contributed by atoms with E-state index in [4.69, 9.17) is 0 Å². The summed E-state index contributed by atoms with van der Waals surface area (Å²) in [6.45, 7) is 7.74. The fraction of sp³-hybridized carbons (Fsp3) is 0.381. The predicted octanol–water partition coefficient (Wildman–Crippen LogP) is 2.27. The molecule has 0 saturated heterocycles. The Bertz CT molecular complexity index is 916. The Hall–Kier alpha value is -3.09. The zero-order valence-corrected chi connectivity index (χ0v) is 16.9. The Morgan fingerprint density at radius 1 is 1.11 bits per heavy atom. The SMILES string of the molecule is CCN(CCNC(=NC)NCCc1nnc2ccccn12)c1cccc(C)c1. The number of aliphatic imine (C=N–C) groups is 1. The first-order valence-electron chi connectivity index (χ1n) is 9.76. The number of guanidine groups is 1. The van der Waals surface area contributed by atoms with Gasteiger partial charge in [-0.15, -0.1) is 10.2 Å². The van der Waals surface area contributed by atoms with Crippen molar-refractivity contribution in [2.75, 3.05) is 38.1 Å². The van der Waals surface area contributed by atoms with Crippen LogP contribution in [0.1, 0.15) is 18.3 Å². The van der Waals surface area contributed by atoms with Crippen LogP contribution >= 0.6 is 0 Å². The number of nitrogens with zero attached hydrogens (tertiary/aromatic N) is 5. The summed E-state index contributed by atoms with van der Waals surface area (Å²) < 4.78 is 2.01. The van der Waals surface area contributed by atoms with Gasteiger partial charge >= 0.3 is 0 Å². The lowest BCUT2D eigenvalue weighted by Gasteiger charge is -2.24. The second kappa shape index (κ2) is 9.73. The van der Waals surface area contributed by atoms with E-state index in [9.17, 15) is 0 Å². The number of rotatable bonds is 8. The number of pyridine rings is 1. The van der Waals surface area contributed by atoms with Gasteiger partial charge in [-0.3, -0.25) is 9.39 Å². The molecule has 0 bridgehead atoms. The van der Waals surface area contributed by atoms with Crippen molar-refractivity contribution in [1.82, 2.24) is 25.2 Å². The van der Waals surface area contributed by atoms with E-state index in [0.717, 1.165) is 50.0 Å². The van der Waals surface area contributed by atoms with Gasteiger partial charge in [-0.25, -0.2) is 0 Å². The smallest absolute Gasteiger partial charge is 0.191 e. The van der Waals surface area contributed by atoms with Gasteiger partial charge in [0.2, 0.25) is 0 Å². The van der Waals surface area contributed by atoms with Crippen LogP contribution in [0.3, 0.4) is 0 Å². The van der Waals surface area contributed by atoms with Crippen molar-refractivity contribution in [1.29, 1.82) is 0 Å². The van der Waals surface area contributed by atoms with Crippen LogP contribution in [0.2, 0.25) is 0 Å². The number of benzene rings is 1. The molecule has 0 saturated carbocycles. The molecular weight excluding hydrogens is 350 g/mol. The average molecular weight is 380 g/mol. The van der Waals surface area contributed by atoms with Crippen LogP contribution in [-0.2, 0) is 6.42 Å². The lowest BCUT2D eigenvalue weighted by molar-refractivity contribution is 0.735. The van der Waals surface area contributed by atoms with Gasteiger partial charge in [-0.05, 0) is 43.7 Å². The zero-order chi connectivity index (χ0) is 19.8. The van der Waals surface area contributed by atoms with E-state index in [0.29, 0.717) is 0 Å². The van der Waals surface area contributed by atoms with Crippen molar-refractivity contribution in [3.05, 3.63) is 60.0 Å². The van der Waals surface area contributed by atoms with E-state index in [1.165, 1.54) is 11.3 Å². The van der Waals surface area contributed by atoms with Gasteiger partial charge in [-0.2, -0.15) is 0 Å². The van der Waals surface area contributed by atoms with Crippen LogP contribution in [-0.4, -0.2) is 53.8 Å². The number of hydrogen-bond acceptors (Lipinski definition) is 4. The Labute approximate surface area is 166 Å². The molecule has 0 aliphatic carbocycles. The average Bonchev–Trinajstić information content (AvgIpc) is 3.13. The van der Waals surface area contributed by atoms with Gasteiger partial charge in [0.05, 0.1) is 0 Å². The molecule has 3 rings (SSSR count). The lowest BCUT2D eigenvalue weighted by atomic mass is 10.2. The van der Waals surface area contributed by atoms with Gasteiger partial charge in [0.1, 0.15) is 5.82 Å². The molecule has 2 N–H and O–H groups in total. The minimum absolute atomic E-state index is 0.741. The van der Waals surface area contributed by atoms with Crippen molar-refractivity contribution in [3.63, 3.8) is 0 Å². The van der Waals surface area contributed by atoms with Gasteiger partial charge in [0.15, 0.2) is 11.6 Å². The third-order valence-electron chi connectivity index (χ3n) is 4.67. The summed E-state index contributed by atoms with van der Waals surface area (Å²) in [5.41, 5.74) is 3.41. The minimum Gasteiger partial charge on any atom is -0.370 e. The van der Waals surface area contributed by atoms with Crippen LogP contribution in [0.4, 0.5) is 5.69 Å². The lowest BCUT2D eigenvalue weighted by Crippen LogP contribution is -2.42. The molecular formula is C21H29N7. The van der Waals surface area contributed by atoms with Gasteiger partial charge in [0.25, 0.3) is 0 Å². The summed E-state index contributed by atoms with van der Waals surface area (Å²) in [6.07, 6.45) is 2.76. The summed E-state index contributed by atoms with van der Waals surface area (Å²) in [5, 5.41) is 15.2. The summed E-state index contributed by atoms with van der Waals surface area (Å²) in [4.78, 5) is 6.67. The molecule has 0 spiro atoms. The zero-order valence-electron chi connectivity index (χ0n) is 16.9. The monoisotopic (exact) mass is 379 g/mol. The van der Waals surface area contributed by atoms with E-state index >= 15 is 0 Å². The molecule has 0 aliphatic rings. The number of likely N-dealkylation sites (N-methyl/N-ethyl adjacent to an activating group) is 1. The summed E-state index contributed by atoms with van der Waals surface area (Å²) in [5.74, 6) is 1.74. The summed E-state index contributed by atoms with van der Waals surface area (Å²) >= 11 is 0. The molecule has 2 aromatic heterocycles. The fourth-order valence-electron chi connectivity index (χ4n) is 3.18. The predicted molar refractivity (Wildman–Crippen MR) is 115 cm³/mol. The molecule has 28 heavy (non-hydrogen) atoms. The van der Waals surface area contributed by atoms with Gasteiger partial charge in [0, 0.05) is 51.5 Å². The van der Waals surface area contributed by atoms with Crippen molar-refractivity contribution >= 4 is 17.3 Å². The second-order valence-corrected chi connectivity index (χ2v) is 6.64. The van der Waals surface area contributed by atoms with Crippen molar-refractivity contribution in [3.8, 4) is 0 Å². The highest BCUT2D eigenvalue weighted by Gasteiger charge is 2.06. The maximum Gasteiger partial charge on any atom is 0.191 e. The van der Waals surface area contributed by atoms with E-state index < -0.39 is 0 Å². The Balaban J connectivity index is 1.45. The Kier molecular flexibility index (Phi) is 6.84. The molecule has 0 fully saturated rings. The Morgan fingerprint density at radius 3 is 2.75 bits per heavy atom. The van der Waals surface area contributed by atoms with Crippen molar-refractivity contribution < 1.29 is 0 Å². The van der Waals surface area contributed by atoms with Crippen LogP contribution in [0.5, 0.6) is 0 Å². The highest BCUT2D eigenvalue weighted by molar-refractivity contribution is 5.79. The van der Waals surface area contributed by atoms with E-state index in [-0.39, 0.29) is 0 Å². The second-order valence-electron chi connectivity index (χ2n) is 6.64. The third-order valence-corrected chi connectivity index (χ3v) is 4.67. The fourth-order valence-corrected chi connectivity index (χ4v) is 3.18. The normalized spacial score (nSPS) is 11.6. The molecule has 7 heteroatoms. The first kappa shape index (κ1) is 19.7. The van der Waals surface area contributed by atoms with Gasteiger partial charge < -0.3 is 15.5 Å². The van der Waals surface area contributed by atoms with E-state index in [2.05, 4.69) is 68.8 Å². The first-order chi connectivity index (χ1) is 13.7. The molecule has 0 radical (unpaired) electrons. The third kappa shape index (κ3) is 5.00. The highest BCUT2D eigenvalue weighted by atomic mass is 15.2. The quantitative estimate of drug-likeness (QED) is 0.464. The van der Waals surface area contributed by atoms with Gasteiger partial charge in [-0.1, -0.05) is 18.2 Å². The number of hydrogen-bond donors (Lipinski definition) is 2. The highest BCUT2D eigenvalue weighted by Crippen LogP contribution is 2.14. The number of fused-ring (bicyclic) bond motifs is 1. The molecule has 0 aliphatic heterocycles. The Morgan fingerprint density at radius 2 is 1.96 bits per heavy atom. The van der Waals surface area contributed by atoms with Crippen molar-refractivity contribution in [2.24, 2.45) is 4.99 Å².